The first kappa shape index (κ1) is 28.2. The summed E-state index contributed by atoms with van der Waals surface area (Å²) >= 11 is 7.84. The lowest BCUT2D eigenvalue weighted by molar-refractivity contribution is 0.107. The molecule has 2 aromatic carbocycles. The molecule has 0 radical (unpaired) electrons. The van der Waals surface area contributed by atoms with Gasteiger partial charge in [-0.1, -0.05) is 17.7 Å². The number of nitrogens with two attached hydrogens (primary N) is 1. The molecule has 4 saturated heterocycles. The Labute approximate surface area is 263 Å². The highest BCUT2D eigenvalue weighted by Crippen LogP contribution is 2.46. The molecular formula is C32H32ClF2N7OS. The molecule has 2 atom stereocenters. The van der Waals surface area contributed by atoms with Crippen LogP contribution in [0.15, 0.2) is 18.2 Å². The summed E-state index contributed by atoms with van der Waals surface area (Å²) in [7, 11) is 2.17. The van der Waals surface area contributed by atoms with Crippen molar-refractivity contribution in [2.75, 3.05) is 50.5 Å². The largest absolute Gasteiger partial charge is 0.461 e. The van der Waals surface area contributed by atoms with E-state index < -0.39 is 11.6 Å². The van der Waals surface area contributed by atoms with Gasteiger partial charge in [0.25, 0.3) is 0 Å². The topological polar surface area (TPSA) is 94.5 Å². The lowest BCUT2D eigenvalue weighted by atomic mass is 9.95. The van der Waals surface area contributed by atoms with E-state index in [2.05, 4.69) is 32.8 Å². The number of likely N-dealkylation sites (N-methyl/N-ethyl adjacent to an activating group) is 1. The highest BCUT2D eigenvalue weighted by Gasteiger charge is 2.45. The first-order valence-electron chi connectivity index (χ1n) is 15.2. The zero-order valence-corrected chi connectivity index (χ0v) is 25.9. The Morgan fingerprint density at radius 1 is 1.16 bits per heavy atom. The average molecular weight is 636 g/mol. The fourth-order valence-electron chi connectivity index (χ4n) is 8.17. The molecule has 2 N–H and O–H groups in total. The van der Waals surface area contributed by atoms with Crippen LogP contribution in [0.5, 0.6) is 6.01 Å². The van der Waals surface area contributed by atoms with E-state index in [0.29, 0.717) is 35.5 Å². The summed E-state index contributed by atoms with van der Waals surface area (Å²) in [5, 5.41) is 10.9. The number of halogens is 3. The second-order valence-corrected chi connectivity index (χ2v) is 14.1. The molecule has 0 spiro atoms. The number of nitrogen functional groups attached to an aromatic ring is 1. The minimum Gasteiger partial charge on any atom is -0.461 e. The molecule has 8 rings (SSSR count). The van der Waals surface area contributed by atoms with Crippen molar-refractivity contribution in [2.24, 2.45) is 0 Å². The van der Waals surface area contributed by atoms with Gasteiger partial charge in [-0.2, -0.15) is 15.2 Å². The van der Waals surface area contributed by atoms with Crippen LogP contribution >= 0.6 is 22.9 Å². The summed E-state index contributed by atoms with van der Waals surface area (Å²) in [6, 6.07) is 7.37. The molecule has 2 unspecified atom stereocenters. The van der Waals surface area contributed by atoms with Crippen LogP contribution in [-0.2, 0) is 0 Å². The number of rotatable bonds is 5. The van der Waals surface area contributed by atoms with Gasteiger partial charge in [-0.15, -0.1) is 11.3 Å². The smallest absolute Gasteiger partial charge is 0.319 e. The van der Waals surface area contributed by atoms with Crippen molar-refractivity contribution in [1.29, 1.82) is 5.26 Å². The molecule has 0 amide bonds. The van der Waals surface area contributed by atoms with Gasteiger partial charge in [-0.05, 0) is 76.4 Å². The maximum Gasteiger partial charge on any atom is 0.319 e. The predicted octanol–water partition coefficient (Wildman–Crippen LogP) is 6.19. The van der Waals surface area contributed by atoms with Gasteiger partial charge in [-0.3, -0.25) is 9.80 Å². The zero-order valence-electron chi connectivity index (χ0n) is 24.4. The minimum atomic E-state index is -0.666. The van der Waals surface area contributed by atoms with Crippen LogP contribution in [0.2, 0.25) is 5.02 Å². The first-order chi connectivity index (χ1) is 21.3. The Morgan fingerprint density at radius 2 is 1.89 bits per heavy atom. The summed E-state index contributed by atoms with van der Waals surface area (Å²) in [6.45, 7) is 4.10. The van der Waals surface area contributed by atoms with Crippen molar-refractivity contribution in [3.63, 3.8) is 0 Å². The molecule has 44 heavy (non-hydrogen) atoms. The van der Waals surface area contributed by atoms with Gasteiger partial charge in [0.2, 0.25) is 0 Å². The van der Waals surface area contributed by atoms with Crippen LogP contribution in [0.25, 0.3) is 32.1 Å². The summed E-state index contributed by atoms with van der Waals surface area (Å²) in [6.07, 6.45) is 6.61. The standard InChI is InChI=1S/C32H32ClF2N7OS/c1-40-17-4-5-18(40)15-41(14-17)30-20-12-22(33)25(19-6-7-23(34)28-24(19)21(13-36)29(37)44-28)26(35)27(20)38-31(39-30)43-16-32-8-2-10-42(32)11-3-9-32/h6-7,12,17-18H,2-5,8-11,14-16,37H2,1H3. The monoisotopic (exact) mass is 635 g/mol. The van der Waals surface area contributed by atoms with Crippen molar-refractivity contribution in [2.45, 2.75) is 56.1 Å². The molecule has 228 valence electrons. The van der Waals surface area contributed by atoms with E-state index >= 15 is 4.39 Å². The Bertz CT molecular complexity index is 1850. The molecule has 4 aliphatic heterocycles. The van der Waals surface area contributed by atoms with Crippen LogP contribution in [0.1, 0.15) is 44.1 Å². The summed E-state index contributed by atoms with van der Waals surface area (Å²) in [5.74, 6) is -0.589. The molecule has 12 heteroatoms. The number of benzene rings is 2. The van der Waals surface area contributed by atoms with Crippen molar-refractivity contribution >= 4 is 54.7 Å². The van der Waals surface area contributed by atoms with E-state index in [1.54, 1.807) is 6.07 Å². The number of anilines is 2. The van der Waals surface area contributed by atoms with Crippen molar-refractivity contribution in [3.8, 4) is 23.2 Å². The second-order valence-electron chi connectivity index (χ2n) is 12.7. The third kappa shape index (κ3) is 4.18. The molecule has 2 bridgehead atoms. The fourth-order valence-corrected chi connectivity index (χ4v) is 9.41. The summed E-state index contributed by atoms with van der Waals surface area (Å²) in [4.78, 5) is 16.7. The number of thiophene rings is 1. The van der Waals surface area contributed by atoms with Crippen LogP contribution in [0.3, 0.4) is 0 Å². The van der Waals surface area contributed by atoms with Gasteiger partial charge in [0, 0.05) is 41.5 Å². The highest BCUT2D eigenvalue weighted by atomic mass is 35.5. The van der Waals surface area contributed by atoms with Gasteiger partial charge in [-0.25, -0.2) is 8.78 Å². The molecular weight excluding hydrogens is 604 g/mol. The number of fused-ring (bicyclic) bond motifs is 5. The number of nitrogens with zero attached hydrogens (tertiary/aromatic N) is 6. The SMILES string of the molecule is CN1C2CCC1CN(c1nc(OCC34CCCN3CCC4)nc3c(F)c(-c4ccc(F)c5sc(N)c(C#N)c45)c(Cl)cc13)C2. The van der Waals surface area contributed by atoms with Crippen LogP contribution < -0.4 is 15.4 Å². The third-order valence-electron chi connectivity index (χ3n) is 10.5. The molecule has 0 saturated carbocycles. The molecule has 8 nitrogen and oxygen atoms in total. The van der Waals surface area contributed by atoms with E-state index in [1.807, 2.05) is 0 Å². The van der Waals surface area contributed by atoms with Crippen molar-refractivity contribution in [1.82, 2.24) is 19.8 Å². The summed E-state index contributed by atoms with van der Waals surface area (Å²) in [5.41, 5.74) is 6.58. The highest BCUT2D eigenvalue weighted by molar-refractivity contribution is 7.23. The van der Waals surface area contributed by atoms with Gasteiger partial charge >= 0.3 is 6.01 Å². The van der Waals surface area contributed by atoms with Gasteiger partial charge in [0.1, 0.15) is 34.8 Å². The number of ether oxygens (including phenoxy) is 1. The van der Waals surface area contributed by atoms with Crippen LogP contribution in [-0.4, -0.2) is 77.2 Å². The predicted molar refractivity (Wildman–Crippen MR) is 169 cm³/mol. The Balaban J connectivity index is 1.30. The number of aromatic nitrogens is 2. The summed E-state index contributed by atoms with van der Waals surface area (Å²) < 4.78 is 38.3. The van der Waals surface area contributed by atoms with Crippen molar-refractivity contribution in [3.05, 3.63) is 40.4 Å². The maximum absolute atomic E-state index is 16.9. The molecule has 6 heterocycles. The zero-order chi connectivity index (χ0) is 30.3. The molecule has 4 fully saturated rings. The van der Waals surface area contributed by atoms with E-state index in [4.69, 9.17) is 27.1 Å². The quantitative estimate of drug-likeness (QED) is 0.278. The van der Waals surface area contributed by atoms with Crippen LogP contribution in [0, 0.1) is 23.0 Å². The maximum atomic E-state index is 16.9. The number of piperazine rings is 1. The Hall–Kier alpha value is -3.30. The first-order valence-corrected chi connectivity index (χ1v) is 16.4. The van der Waals surface area contributed by atoms with E-state index in [0.717, 1.165) is 76.0 Å². The normalized spacial score (nSPS) is 23.1. The molecule has 4 aromatic rings. The van der Waals surface area contributed by atoms with E-state index in [-0.39, 0.29) is 48.3 Å². The second kappa shape index (κ2) is 10.4. The Morgan fingerprint density at radius 3 is 2.59 bits per heavy atom. The van der Waals surface area contributed by atoms with E-state index in [9.17, 15) is 9.65 Å². The molecule has 0 aliphatic carbocycles. The lowest BCUT2D eigenvalue weighted by Gasteiger charge is -2.40. The van der Waals surface area contributed by atoms with Gasteiger partial charge in [0.05, 0.1) is 20.8 Å². The minimum absolute atomic E-state index is 0.0264. The third-order valence-corrected chi connectivity index (χ3v) is 11.8. The van der Waals surface area contributed by atoms with Crippen molar-refractivity contribution < 1.29 is 13.5 Å². The Kier molecular flexibility index (Phi) is 6.65. The number of nitriles is 1. The van der Waals surface area contributed by atoms with Gasteiger partial charge in [0.15, 0.2) is 5.82 Å². The number of hydrogen-bond donors (Lipinski definition) is 1. The fraction of sp³-hybridized carbons (Fsp3) is 0.469. The molecule has 4 aliphatic rings. The molecule has 2 aromatic heterocycles. The number of hydrogen-bond acceptors (Lipinski definition) is 9. The lowest BCUT2D eigenvalue weighted by Crippen LogP contribution is -2.52. The van der Waals surface area contributed by atoms with Crippen LogP contribution in [0.4, 0.5) is 19.6 Å². The van der Waals surface area contributed by atoms with E-state index in [1.165, 1.54) is 12.1 Å². The van der Waals surface area contributed by atoms with Gasteiger partial charge < -0.3 is 15.4 Å². The average Bonchev–Trinajstić information content (AvgIpc) is 3.72.